The van der Waals surface area contributed by atoms with Crippen LogP contribution in [0.5, 0.6) is 5.75 Å². The summed E-state index contributed by atoms with van der Waals surface area (Å²) in [4.78, 5) is 9.60. The van der Waals surface area contributed by atoms with E-state index >= 15 is 0 Å². The van der Waals surface area contributed by atoms with E-state index < -0.39 is 0 Å². The Balaban J connectivity index is 1.67. The lowest BCUT2D eigenvalue weighted by molar-refractivity contribution is 0.209. The summed E-state index contributed by atoms with van der Waals surface area (Å²) >= 11 is 0. The molecule has 1 saturated heterocycles. The van der Waals surface area contributed by atoms with Crippen LogP contribution in [0.1, 0.15) is 24.5 Å². The van der Waals surface area contributed by atoms with Gasteiger partial charge in [0, 0.05) is 42.7 Å². The molecule has 33 heavy (non-hydrogen) atoms. The first-order chi connectivity index (χ1) is 16.0. The van der Waals surface area contributed by atoms with Gasteiger partial charge >= 0.3 is 0 Å². The molecule has 5 rings (SSSR count). The van der Waals surface area contributed by atoms with Gasteiger partial charge in [0.05, 0.1) is 42.4 Å². The molecule has 0 bridgehead atoms. The predicted molar refractivity (Wildman–Crippen MR) is 128 cm³/mol. The summed E-state index contributed by atoms with van der Waals surface area (Å²) < 4.78 is 9.07. The van der Waals surface area contributed by atoms with E-state index in [2.05, 4.69) is 15.2 Å². The highest BCUT2D eigenvalue weighted by atomic mass is 16.5. The largest absolute Gasteiger partial charge is 0.508 e. The molecule has 0 unspecified atom stereocenters. The summed E-state index contributed by atoms with van der Waals surface area (Å²) in [5.74, 6) is 0.518. The van der Waals surface area contributed by atoms with Crippen molar-refractivity contribution in [1.29, 1.82) is 0 Å². The molecule has 1 aliphatic rings. The van der Waals surface area contributed by atoms with Crippen LogP contribution in [0.15, 0.2) is 59.0 Å². The average molecular weight is 444 g/mol. The second-order valence-corrected chi connectivity index (χ2v) is 8.01. The minimum Gasteiger partial charge on any atom is -0.508 e. The van der Waals surface area contributed by atoms with E-state index in [1.807, 2.05) is 38.6 Å². The normalized spacial score (nSPS) is 15.7. The SMILES string of the molecule is CCc1cc(O)ccc1N=C(N)c1cnn2cc(-c3cnn(C)c3)cc2c1N=C1CCOC1. The highest BCUT2D eigenvalue weighted by Crippen LogP contribution is 2.32. The number of phenolic OH excluding ortho intramolecular Hbond substituents is 1. The van der Waals surface area contributed by atoms with Crippen LogP contribution in [-0.4, -0.2) is 49.3 Å². The molecule has 3 N–H and O–H groups in total. The molecule has 9 heteroatoms. The van der Waals surface area contributed by atoms with Gasteiger partial charge in [0.2, 0.25) is 0 Å². The van der Waals surface area contributed by atoms with Crippen molar-refractivity contribution in [3.05, 3.63) is 60.2 Å². The molecule has 0 aliphatic carbocycles. The fourth-order valence-corrected chi connectivity index (χ4v) is 3.93. The van der Waals surface area contributed by atoms with Crippen LogP contribution in [0.4, 0.5) is 11.4 Å². The molecular formula is C24H25N7O2. The quantitative estimate of drug-likeness (QED) is 0.362. The molecule has 0 radical (unpaired) electrons. The van der Waals surface area contributed by atoms with Gasteiger partial charge in [-0.15, -0.1) is 0 Å². The van der Waals surface area contributed by atoms with Crippen LogP contribution in [-0.2, 0) is 18.2 Å². The van der Waals surface area contributed by atoms with Gasteiger partial charge in [0.1, 0.15) is 17.3 Å². The number of ether oxygens (including phenoxy) is 1. The molecule has 0 amide bonds. The Morgan fingerprint density at radius 1 is 1.18 bits per heavy atom. The number of phenols is 1. The summed E-state index contributed by atoms with van der Waals surface area (Å²) in [5, 5.41) is 18.7. The lowest BCUT2D eigenvalue weighted by Crippen LogP contribution is -2.15. The Morgan fingerprint density at radius 3 is 2.79 bits per heavy atom. The standard InChI is InChI=1S/C24H25N7O2/c1-3-15-8-19(32)4-5-21(15)29-24(25)20-11-27-31-13-16(17-10-26-30(2)12-17)9-22(31)23(20)28-18-6-7-33-14-18/h4-5,8-13,32H,3,6-7,14H2,1-2H3,(H2,25,29). The number of amidine groups is 1. The first-order valence-corrected chi connectivity index (χ1v) is 10.8. The van der Waals surface area contributed by atoms with Crippen molar-refractivity contribution in [3.63, 3.8) is 0 Å². The smallest absolute Gasteiger partial charge is 0.135 e. The van der Waals surface area contributed by atoms with E-state index in [1.54, 1.807) is 33.6 Å². The number of hydrogen-bond donors (Lipinski definition) is 2. The van der Waals surface area contributed by atoms with Gasteiger partial charge in [0.25, 0.3) is 0 Å². The first-order valence-electron chi connectivity index (χ1n) is 10.8. The van der Waals surface area contributed by atoms with Crippen molar-refractivity contribution in [2.45, 2.75) is 19.8 Å². The molecule has 1 aliphatic heterocycles. The zero-order chi connectivity index (χ0) is 22.9. The number of nitrogens with zero attached hydrogens (tertiary/aromatic N) is 6. The number of hydrogen-bond acceptors (Lipinski definition) is 6. The van der Waals surface area contributed by atoms with Crippen LogP contribution >= 0.6 is 0 Å². The average Bonchev–Trinajstić information content (AvgIpc) is 3.55. The highest BCUT2D eigenvalue weighted by molar-refractivity contribution is 6.07. The monoisotopic (exact) mass is 443 g/mol. The number of aromatic hydroxyl groups is 1. The highest BCUT2D eigenvalue weighted by Gasteiger charge is 2.18. The first kappa shape index (κ1) is 20.9. The Kier molecular flexibility index (Phi) is 5.39. The van der Waals surface area contributed by atoms with Crippen molar-refractivity contribution in [1.82, 2.24) is 19.4 Å². The second kappa shape index (κ2) is 8.51. The maximum Gasteiger partial charge on any atom is 0.135 e. The summed E-state index contributed by atoms with van der Waals surface area (Å²) in [6, 6.07) is 7.11. The van der Waals surface area contributed by atoms with Crippen LogP contribution in [0.2, 0.25) is 0 Å². The zero-order valence-corrected chi connectivity index (χ0v) is 18.6. The number of fused-ring (bicyclic) bond motifs is 1. The molecular weight excluding hydrogens is 418 g/mol. The van der Waals surface area contributed by atoms with Crippen molar-refractivity contribution < 1.29 is 9.84 Å². The molecule has 4 aromatic rings. The summed E-state index contributed by atoms with van der Waals surface area (Å²) in [7, 11) is 1.89. The maximum absolute atomic E-state index is 9.81. The third-order valence-electron chi connectivity index (χ3n) is 5.68. The number of rotatable bonds is 5. The number of benzene rings is 1. The maximum atomic E-state index is 9.81. The van der Waals surface area contributed by atoms with Gasteiger partial charge in [-0.3, -0.25) is 9.67 Å². The summed E-state index contributed by atoms with van der Waals surface area (Å²) in [5.41, 5.74) is 13.2. The fourth-order valence-electron chi connectivity index (χ4n) is 3.93. The summed E-state index contributed by atoms with van der Waals surface area (Å²) in [6.45, 7) is 3.17. The predicted octanol–water partition coefficient (Wildman–Crippen LogP) is 3.53. The molecule has 1 aromatic carbocycles. The van der Waals surface area contributed by atoms with Crippen LogP contribution in [0.3, 0.4) is 0 Å². The van der Waals surface area contributed by atoms with E-state index in [0.29, 0.717) is 36.0 Å². The molecule has 168 valence electrons. The van der Waals surface area contributed by atoms with Gasteiger partial charge in [0.15, 0.2) is 0 Å². The molecule has 0 saturated carbocycles. The van der Waals surface area contributed by atoms with Crippen molar-refractivity contribution in [2.75, 3.05) is 13.2 Å². The van der Waals surface area contributed by atoms with Gasteiger partial charge < -0.3 is 15.6 Å². The number of nitrogens with two attached hydrogens (primary N) is 1. The van der Waals surface area contributed by atoms with Crippen molar-refractivity contribution >= 4 is 28.4 Å². The van der Waals surface area contributed by atoms with E-state index in [1.165, 1.54) is 0 Å². The lowest BCUT2D eigenvalue weighted by atomic mass is 10.1. The molecule has 9 nitrogen and oxygen atoms in total. The minimum absolute atomic E-state index is 0.205. The summed E-state index contributed by atoms with van der Waals surface area (Å²) in [6.07, 6.45) is 8.92. The number of aryl methyl sites for hydroxylation is 2. The van der Waals surface area contributed by atoms with Gasteiger partial charge in [-0.05, 0) is 36.2 Å². The molecule has 0 atom stereocenters. The van der Waals surface area contributed by atoms with Crippen LogP contribution in [0.25, 0.3) is 16.6 Å². The van der Waals surface area contributed by atoms with Gasteiger partial charge in [-0.2, -0.15) is 10.2 Å². The Morgan fingerprint density at radius 2 is 2.06 bits per heavy atom. The van der Waals surface area contributed by atoms with Crippen LogP contribution in [0, 0.1) is 0 Å². The zero-order valence-electron chi connectivity index (χ0n) is 18.6. The molecule has 1 fully saturated rings. The Labute approximate surface area is 190 Å². The van der Waals surface area contributed by atoms with E-state index in [4.69, 9.17) is 15.5 Å². The lowest BCUT2D eigenvalue weighted by Gasteiger charge is -2.10. The van der Waals surface area contributed by atoms with Gasteiger partial charge in [-0.1, -0.05) is 6.92 Å². The Bertz CT molecular complexity index is 1390. The topological polar surface area (TPSA) is 115 Å². The van der Waals surface area contributed by atoms with E-state index in [9.17, 15) is 5.11 Å². The van der Waals surface area contributed by atoms with Gasteiger partial charge in [-0.25, -0.2) is 9.51 Å². The van der Waals surface area contributed by atoms with E-state index in [-0.39, 0.29) is 5.75 Å². The molecule has 3 aromatic heterocycles. The van der Waals surface area contributed by atoms with E-state index in [0.717, 1.165) is 40.8 Å². The third-order valence-corrected chi connectivity index (χ3v) is 5.68. The Hall–Kier alpha value is -3.98. The fraction of sp³-hybridized carbons (Fsp3) is 0.250. The minimum atomic E-state index is 0.205. The molecule has 0 spiro atoms. The third kappa shape index (κ3) is 4.10. The van der Waals surface area contributed by atoms with Crippen molar-refractivity contribution in [3.8, 4) is 16.9 Å². The number of aliphatic imine (C=N–C) groups is 2. The number of aromatic nitrogens is 4. The van der Waals surface area contributed by atoms with Crippen LogP contribution < -0.4 is 5.73 Å². The molecule has 4 heterocycles. The van der Waals surface area contributed by atoms with Crippen molar-refractivity contribution in [2.24, 2.45) is 22.8 Å². The second-order valence-electron chi connectivity index (χ2n) is 8.01.